The molecule has 0 radical (unpaired) electrons. The standard InChI is InChI=1S/C26H23F4N7O3/c1-14-19(4-15(6-31-14)21-32-7-17(8-33-21)40-24(29)30)35-22(38)18-9-34-37-3-2-16(5-20(18)37)36-12-25(13-36)10-26(39,11-25)23(27)28/h2-9,23-24,39H,10-13H2,1H3,(H,35,38). The molecule has 2 aliphatic rings. The molecule has 0 aromatic carbocycles. The number of alkyl halides is 4. The maximum Gasteiger partial charge on any atom is 0.387 e. The molecule has 0 atom stereocenters. The Hall–Kier alpha value is -4.33. The number of carbonyl (C=O) groups excluding carboxylic acids is 1. The van der Waals surface area contributed by atoms with Gasteiger partial charge in [-0.2, -0.15) is 13.9 Å². The zero-order valence-corrected chi connectivity index (χ0v) is 21.1. The molecule has 2 fully saturated rings. The molecule has 5 heterocycles. The van der Waals surface area contributed by atoms with Gasteiger partial charge in [-0.15, -0.1) is 0 Å². The second-order valence-electron chi connectivity index (χ2n) is 10.3. The highest BCUT2D eigenvalue weighted by Gasteiger charge is 2.63. The van der Waals surface area contributed by atoms with Crippen molar-refractivity contribution in [3.63, 3.8) is 0 Å². The molecule has 208 valence electrons. The summed E-state index contributed by atoms with van der Waals surface area (Å²) in [5.41, 5.74) is 0.848. The minimum absolute atomic E-state index is 0.0713. The Morgan fingerprint density at radius 1 is 1.07 bits per heavy atom. The van der Waals surface area contributed by atoms with Crippen LogP contribution >= 0.6 is 0 Å². The first-order valence-electron chi connectivity index (χ1n) is 12.3. The maximum atomic E-state index is 13.3. The number of aromatic nitrogens is 5. The Bertz CT molecular complexity index is 1580. The van der Waals surface area contributed by atoms with Crippen molar-refractivity contribution in [2.24, 2.45) is 5.41 Å². The average molecular weight is 558 g/mol. The molecule has 0 bridgehead atoms. The summed E-state index contributed by atoms with van der Waals surface area (Å²) >= 11 is 0. The molecule has 1 aliphatic carbocycles. The zero-order chi connectivity index (χ0) is 28.2. The van der Waals surface area contributed by atoms with Gasteiger partial charge in [-0.25, -0.2) is 23.3 Å². The number of aryl methyl sites for hydroxylation is 1. The van der Waals surface area contributed by atoms with Gasteiger partial charge >= 0.3 is 6.61 Å². The fourth-order valence-corrected chi connectivity index (χ4v) is 5.51. The molecule has 14 heteroatoms. The van der Waals surface area contributed by atoms with Gasteiger partial charge in [0.15, 0.2) is 11.6 Å². The number of nitrogens with one attached hydrogen (secondary N) is 1. The van der Waals surface area contributed by atoms with Crippen LogP contribution in [0.1, 0.15) is 28.9 Å². The predicted molar refractivity (Wildman–Crippen MR) is 135 cm³/mol. The van der Waals surface area contributed by atoms with Crippen LogP contribution in [0, 0.1) is 12.3 Å². The van der Waals surface area contributed by atoms with Crippen LogP contribution in [-0.4, -0.2) is 67.3 Å². The number of hydrogen-bond donors (Lipinski definition) is 2. The molecule has 6 rings (SSSR count). The number of aliphatic hydroxyl groups is 1. The van der Waals surface area contributed by atoms with Crippen molar-refractivity contribution in [3.05, 3.63) is 60.4 Å². The third-order valence-electron chi connectivity index (χ3n) is 7.38. The number of nitrogens with zero attached hydrogens (tertiary/aromatic N) is 6. The van der Waals surface area contributed by atoms with Gasteiger partial charge in [-0.1, -0.05) is 0 Å². The van der Waals surface area contributed by atoms with Gasteiger partial charge in [-0.3, -0.25) is 9.78 Å². The molecular formula is C26H23F4N7O3. The minimum atomic E-state index is -2.99. The highest BCUT2D eigenvalue weighted by molar-refractivity contribution is 6.09. The monoisotopic (exact) mass is 557 g/mol. The van der Waals surface area contributed by atoms with E-state index in [1.54, 1.807) is 23.7 Å². The van der Waals surface area contributed by atoms with E-state index in [9.17, 15) is 27.5 Å². The van der Waals surface area contributed by atoms with Crippen LogP contribution in [0.15, 0.2) is 49.2 Å². The second kappa shape index (κ2) is 9.40. The van der Waals surface area contributed by atoms with Gasteiger partial charge in [0.05, 0.1) is 41.1 Å². The van der Waals surface area contributed by atoms with Crippen molar-refractivity contribution in [3.8, 4) is 17.1 Å². The number of fused-ring (bicyclic) bond motifs is 1. The van der Waals surface area contributed by atoms with Gasteiger partial charge in [0, 0.05) is 42.1 Å². The van der Waals surface area contributed by atoms with E-state index in [2.05, 4.69) is 30.1 Å². The van der Waals surface area contributed by atoms with E-state index in [1.807, 2.05) is 17.0 Å². The Morgan fingerprint density at radius 3 is 2.48 bits per heavy atom. The summed E-state index contributed by atoms with van der Waals surface area (Å²) in [6.45, 7) is -0.192. The van der Waals surface area contributed by atoms with Gasteiger partial charge in [0.1, 0.15) is 5.60 Å². The first-order chi connectivity index (χ1) is 19.0. The quantitative estimate of drug-likeness (QED) is 0.328. The molecule has 10 nitrogen and oxygen atoms in total. The van der Waals surface area contributed by atoms with Crippen molar-refractivity contribution in [1.29, 1.82) is 0 Å². The third kappa shape index (κ3) is 4.57. The average Bonchev–Trinajstić information content (AvgIpc) is 3.30. The molecule has 2 N–H and O–H groups in total. The molecule has 1 saturated carbocycles. The van der Waals surface area contributed by atoms with Crippen LogP contribution in [0.2, 0.25) is 0 Å². The van der Waals surface area contributed by atoms with Crippen molar-refractivity contribution < 1.29 is 32.2 Å². The highest BCUT2D eigenvalue weighted by atomic mass is 19.3. The smallest absolute Gasteiger partial charge is 0.387 e. The molecule has 0 unspecified atom stereocenters. The Kier molecular flexibility index (Phi) is 6.09. The second-order valence-corrected chi connectivity index (χ2v) is 10.3. The summed E-state index contributed by atoms with van der Waals surface area (Å²) in [5, 5.41) is 17.0. The largest absolute Gasteiger partial charge is 0.432 e. The van der Waals surface area contributed by atoms with Crippen LogP contribution in [0.4, 0.5) is 28.9 Å². The molecular weight excluding hydrogens is 534 g/mol. The van der Waals surface area contributed by atoms with E-state index in [-0.39, 0.29) is 29.8 Å². The molecule has 1 aliphatic heterocycles. The first kappa shape index (κ1) is 25.9. The molecule has 40 heavy (non-hydrogen) atoms. The number of rotatable bonds is 7. The van der Waals surface area contributed by atoms with E-state index in [0.29, 0.717) is 41.1 Å². The van der Waals surface area contributed by atoms with Crippen LogP contribution in [0.5, 0.6) is 5.75 Å². The van der Waals surface area contributed by atoms with E-state index in [1.165, 1.54) is 12.4 Å². The molecule has 4 aromatic heterocycles. The van der Waals surface area contributed by atoms with Gasteiger partial charge in [0.2, 0.25) is 0 Å². The topological polar surface area (TPSA) is 118 Å². The number of hydrogen-bond acceptors (Lipinski definition) is 8. The summed E-state index contributed by atoms with van der Waals surface area (Å²) in [6, 6.07) is 5.27. The Balaban J connectivity index is 1.18. The summed E-state index contributed by atoms with van der Waals surface area (Å²) in [4.78, 5) is 27.6. The molecule has 1 saturated heterocycles. The van der Waals surface area contributed by atoms with Gasteiger partial charge in [-0.05, 0) is 38.0 Å². The van der Waals surface area contributed by atoms with E-state index >= 15 is 0 Å². The molecule has 1 amide bonds. The fraction of sp³-hybridized carbons (Fsp3) is 0.346. The van der Waals surface area contributed by atoms with Crippen LogP contribution < -0.4 is 15.0 Å². The molecule has 4 aromatic rings. The number of halogens is 4. The van der Waals surface area contributed by atoms with Crippen LogP contribution in [-0.2, 0) is 0 Å². The highest BCUT2D eigenvalue weighted by Crippen LogP contribution is 2.56. The third-order valence-corrected chi connectivity index (χ3v) is 7.38. The van der Waals surface area contributed by atoms with E-state index in [0.717, 1.165) is 18.1 Å². The van der Waals surface area contributed by atoms with E-state index < -0.39 is 24.5 Å². The number of anilines is 2. The lowest BCUT2D eigenvalue weighted by molar-refractivity contribution is -0.209. The SMILES string of the molecule is Cc1ncc(-c2ncc(OC(F)F)cn2)cc1NC(=O)c1cnn2ccc(N3CC4(C3)CC(O)(C(F)F)C4)cc12. The number of pyridine rings is 2. The Labute approximate surface area is 224 Å². The lowest BCUT2D eigenvalue weighted by Crippen LogP contribution is -2.70. The number of carbonyl (C=O) groups is 1. The summed E-state index contributed by atoms with van der Waals surface area (Å²) < 4.78 is 56.7. The lowest BCUT2D eigenvalue weighted by Gasteiger charge is -2.62. The summed E-state index contributed by atoms with van der Waals surface area (Å²) in [5.74, 6) is -0.413. The Morgan fingerprint density at radius 2 is 1.80 bits per heavy atom. The van der Waals surface area contributed by atoms with Gasteiger partial charge in [0.25, 0.3) is 12.3 Å². The summed E-state index contributed by atoms with van der Waals surface area (Å²) in [7, 11) is 0. The predicted octanol–water partition coefficient (Wildman–Crippen LogP) is 3.94. The van der Waals surface area contributed by atoms with Gasteiger partial charge < -0.3 is 20.1 Å². The van der Waals surface area contributed by atoms with Crippen molar-refractivity contribution >= 4 is 22.8 Å². The lowest BCUT2D eigenvalue weighted by atomic mass is 9.55. The van der Waals surface area contributed by atoms with Crippen LogP contribution in [0.25, 0.3) is 16.9 Å². The van der Waals surface area contributed by atoms with Crippen LogP contribution in [0.3, 0.4) is 0 Å². The van der Waals surface area contributed by atoms with Crippen molar-refractivity contribution in [2.45, 2.75) is 38.4 Å². The number of amides is 1. The fourth-order valence-electron chi connectivity index (χ4n) is 5.51. The van der Waals surface area contributed by atoms with Crippen molar-refractivity contribution in [2.75, 3.05) is 23.3 Å². The van der Waals surface area contributed by atoms with Crippen molar-refractivity contribution in [1.82, 2.24) is 24.6 Å². The molecule has 1 spiro atoms. The minimum Gasteiger partial charge on any atom is -0.432 e. The normalized spacial score (nSPS) is 17.2. The zero-order valence-electron chi connectivity index (χ0n) is 21.1. The summed E-state index contributed by atoms with van der Waals surface area (Å²) in [6.07, 6.45) is 4.29. The maximum absolute atomic E-state index is 13.3. The number of ether oxygens (including phenoxy) is 1. The first-order valence-corrected chi connectivity index (χ1v) is 12.3. The van der Waals surface area contributed by atoms with E-state index in [4.69, 9.17) is 0 Å².